The summed E-state index contributed by atoms with van der Waals surface area (Å²) in [6, 6.07) is 0. The number of hydrogen-bond donors (Lipinski definition) is 1. The highest BCUT2D eigenvalue weighted by Crippen LogP contribution is 1.99. The van der Waals surface area contributed by atoms with Crippen LogP contribution in [0.1, 0.15) is 19.3 Å². The predicted molar refractivity (Wildman–Crippen MR) is 70.4 cm³/mol. The Kier molecular flexibility index (Phi) is 10.5. The Morgan fingerprint density at radius 1 is 1.42 bits per heavy atom. The number of Topliss-reactive ketones (excluding diaryl/α,β-unsaturated/α-hetero) is 1. The Labute approximate surface area is 112 Å². The highest BCUT2D eigenvalue weighted by Gasteiger charge is 2.12. The molecule has 0 unspecified atom stereocenters. The Hall–Kier alpha value is -1.63. The largest absolute Gasteiger partial charge is 0.370 e. The zero-order chi connectivity index (χ0) is 14.5. The number of likely N-dealkylation sites (N-methyl/N-ethyl adjacent to an activating group) is 1. The van der Waals surface area contributed by atoms with Gasteiger partial charge in [0, 0.05) is 31.5 Å². The number of rotatable bonds is 11. The molecule has 0 aliphatic heterocycles. The number of hydrogen-bond acceptors (Lipinski definition) is 5. The summed E-state index contributed by atoms with van der Waals surface area (Å²) in [5.41, 5.74) is 13.3. The van der Waals surface area contributed by atoms with E-state index in [0.717, 1.165) is 0 Å². The van der Waals surface area contributed by atoms with Crippen LogP contribution in [0.25, 0.3) is 10.4 Å². The van der Waals surface area contributed by atoms with Crippen LogP contribution in [0.2, 0.25) is 0 Å². The van der Waals surface area contributed by atoms with Gasteiger partial charge in [0.1, 0.15) is 6.61 Å². The Balaban J connectivity index is 3.72. The molecular weight excluding hydrogens is 250 g/mol. The van der Waals surface area contributed by atoms with Crippen LogP contribution in [0.15, 0.2) is 5.11 Å². The molecule has 2 N–H and O–H groups in total. The monoisotopic (exact) mass is 271 g/mol. The Morgan fingerprint density at radius 3 is 2.79 bits per heavy atom. The molecule has 0 aromatic carbocycles. The second kappa shape index (κ2) is 11.5. The van der Waals surface area contributed by atoms with Gasteiger partial charge in [-0.2, -0.15) is 0 Å². The average Bonchev–Trinajstić information content (AvgIpc) is 2.38. The van der Waals surface area contributed by atoms with Gasteiger partial charge in [0.05, 0.1) is 13.2 Å². The van der Waals surface area contributed by atoms with Crippen LogP contribution in [-0.4, -0.2) is 56.5 Å². The van der Waals surface area contributed by atoms with E-state index in [2.05, 4.69) is 10.0 Å². The van der Waals surface area contributed by atoms with Gasteiger partial charge in [0.25, 0.3) is 0 Å². The van der Waals surface area contributed by atoms with E-state index in [9.17, 15) is 9.59 Å². The van der Waals surface area contributed by atoms with Gasteiger partial charge in [-0.25, -0.2) is 0 Å². The van der Waals surface area contributed by atoms with Gasteiger partial charge >= 0.3 is 0 Å². The van der Waals surface area contributed by atoms with Crippen LogP contribution in [0.5, 0.6) is 0 Å². The van der Waals surface area contributed by atoms with Gasteiger partial charge in [-0.3, -0.25) is 9.59 Å². The van der Waals surface area contributed by atoms with Crippen molar-refractivity contribution >= 4 is 11.7 Å². The molecular formula is C11H21N5O3. The van der Waals surface area contributed by atoms with Crippen molar-refractivity contribution in [2.75, 3.05) is 39.9 Å². The minimum absolute atomic E-state index is 0.0180. The summed E-state index contributed by atoms with van der Waals surface area (Å²) in [5.74, 6) is -0.258. The van der Waals surface area contributed by atoms with Crippen molar-refractivity contribution in [3.8, 4) is 0 Å². The molecule has 108 valence electrons. The Bertz CT molecular complexity index is 328. The minimum atomic E-state index is -0.240. The molecule has 19 heavy (non-hydrogen) atoms. The molecule has 0 saturated heterocycles. The van der Waals surface area contributed by atoms with E-state index >= 15 is 0 Å². The lowest BCUT2D eigenvalue weighted by atomic mass is 10.1. The molecule has 0 aromatic heterocycles. The zero-order valence-corrected chi connectivity index (χ0v) is 11.2. The number of ether oxygens (including phenoxy) is 1. The quantitative estimate of drug-likeness (QED) is 0.254. The smallest absolute Gasteiger partial charge is 0.248 e. The van der Waals surface area contributed by atoms with Crippen LogP contribution in [0.3, 0.4) is 0 Å². The molecule has 8 heteroatoms. The molecule has 0 aromatic rings. The fourth-order valence-corrected chi connectivity index (χ4v) is 1.33. The van der Waals surface area contributed by atoms with Gasteiger partial charge in [-0.1, -0.05) is 5.11 Å². The van der Waals surface area contributed by atoms with Crippen LogP contribution in [0, 0.1) is 0 Å². The number of nitrogens with two attached hydrogens (primary N) is 1. The number of carbonyl (C=O) groups excluding carboxylic acids is 2. The SMILES string of the molecule is CN(CC(=O)CCCCN=[N+]=[N-])C(=O)COCCN. The third-order valence-corrected chi connectivity index (χ3v) is 2.35. The van der Waals surface area contributed by atoms with Crippen molar-refractivity contribution in [2.24, 2.45) is 10.8 Å². The average molecular weight is 271 g/mol. The van der Waals surface area contributed by atoms with Crippen LogP contribution >= 0.6 is 0 Å². The van der Waals surface area contributed by atoms with E-state index in [4.69, 9.17) is 16.0 Å². The molecule has 0 rings (SSSR count). The van der Waals surface area contributed by atoms with Gasteiger partial charge in [0.15, 0.2) is 5.78 Å². The minimum Gasteiger partial charge on any atom is -0.370 e. The normalized spacial score (nSPS) is 9.79. The molecule has 0 atom stereocenters. The van der Waals surface area contributed by atoms with Crippen molar-refractivity contribution in [3.05, 3.63) is 10.4 Å². The number of azide groups is 1. The maximum atomic E-state index is 11.6. The molecule has 1 amide bonds. The summed E-state index contributed by atoms with van der Waals surface area (Å²) in [4.78, 5) is 27.0. The predicted octanol–water partition coefficient (Wildman–Crippen LogP) is 0.470. The standard InChI is InChI=1S/C11H21N5O3/c1-16(11(18)9-19-7-5-12)8-10(17)4-2-3-6-14-15-13/h2-9,12H2,1H3. The van der Waals surface area contributed by atoms with E-state index in [1.54, 1.807) is 7.05 Å². The maximum absolute atomic E-state index is 11.6. The highest BCUT2D eigenvalue weighted by molar-refractivity contribution is 5.86. The molecule has 0 aliphatic carbocycles. The second-order valence-corrected chi connectivity index (χ2v) is 4.04. The van der Waals surface area contributed by atoms with E-state index in [-0.39, 0.29) is 24.8 Å². The van der Waals surface area contributed by atoms with E-state index in [0.29, 0.717) is 39.0 Å². The summed E-state index contributed by atoms with van der Waals surface area (Å²) in [6.07, 6.45) is 1.71. The zero-order valence-electron chi connectivity index (χ0n) is 11.2. The topological polar surface area (TPSA) is 121 Å². The summed E-state index contributed by atoms with van der Waals surface area (Å²) in [7, 11) is 1.56. The number of carbonyl (C=O) groups is 2. The first-order valence-electron chi connectivity index (χ1n) is 6.16. The fourth-order valence-electron chi connectivity index (χ4n) is 1.33. The number of ketones is 1. The fraction of sp³-hybridized carbons (Fsp3) is 0.818. The van der Waals surface area contributed by atoms with Gasteiger partial charge in [-0.15, -0.1) is 0 Å². The lowest BCUT2D eigenvalue weighted by Gasteiger charge is -2.16. The van der Waals surface area contributed by atoms with Crippen LogP contribution in [-0.2, 0) is 14.3 Å². The second-order valence-electron chi connectivity index (χ2n) is 4.04. The molecule has 0 aliphatic rings. The first-order valence-corrected chi connectivity index (χ1v) is 6.16. The maximum Gasteiger partial charge on any atom is 0.248 e. The summed E-state index contributed by atoms with van der Waals surface area (Å²) in [6.45, 7) is 1.10. The van der Waals surface area contributed by atoms with Crippen LogP contribution < -0.4 is 5.73 Å². The third-order valence-electron chi connectivity index (χ3n) is 2.35. The van der Waals surface area contributed by atoms with Crippen molar-refractivity contribution in [2.45, 2.75) is 19.3 Å². The Morgan fingerprint density at radius 2 is 2.16 bits per heavy atom. The van der Waals surface area contributed by atoms with Gasteiger partial charge < -0.3 is 15.4 Å². The van der Waals surface area contributed by atoms with E-state index in [1.807, 2.05) is 0 Å². The summed E-state index contributed by atoms with van der Waals surface area (Å²) < 4.78 is 5.00. The molecule has 0 heterocycles. The van der Waals surface area contributed by atoms with Crippen molar-refractivity contribution in [1.29, 1.82) is 0 Å². The number of nitrogens with zero attached hydrogens (tertiary/aromatic N) is 4. The van der Waals surface area contributed by atoms with Gasteiger partial charge in [0.2, 0.25) is 5.91 Å². The molecule has 0 bridgehead atoms. The van der Waals surface area contributed by atoms with E-state index < -0.39 is 0 Å². The third kappa shape index (κ3) is 10.0. The summed E-state index contributed by atoms with van der Waals surface area (Å²) in [5, 5.41) is 3.38. The lowest BCUT2D eigenvalue weighted by Crippen LogP contribution is -2.35. The van der Waals surface area contributed by atoms with Crippen molar-refractivity contribution in [3.63, 3.8) is 0 Å². The number of amides is 1. The van der Waals surface area contributed by atoms with E-state index in [1.165, 1.54) is 4.90 Å². The molecule has 0 fully saturated rings. The first-order chi connectivity index (χ1) is 9.11. The molecule has 8 nitrogen and oxygen atoms in total. The summed E-state index contributed by atoms with van der Waals surface area (Å²) >= 11 is 0. The highest BCUT2D eigenvalue weighted by atomic mass is 16.5. The number of unbranched alkanes of at least 4 members (excludes halogenated alkanes) is 1. The first kappa shape index (κ1) is 17.4. The molecule has 0 spiro atoms. The van der Waals surface area contributed by atoms with Crippen molar-refractivity contribution < 1.29 is 14.3 Å². The van der Waals surface area contributed by atoms with Gasteiger partial charge in [-0.05, 0) is 18.4 Å². The molecule has 0 saturated carbocycles. The molecule has 0 radical (unpaired) electrons. The van der Waals surface area contributed by atoms with Crippen LogP contribution in [0.4, 0.5) is 0 Å². The van der Waals surface area contributed by atoms with Crippen molar-refractivity contribution in [1.82, 2.24) is 4.90 Å². The lowest BCUT2D eigenvalue weighted by molar-refractivity contribution is -0.137.